The number of hydrogen-bond donors (Lipinski definition) is 2. The molecule has 0 unspecified atom stereocenters. The highest BCUT2D eigenvalue weighted by Crippen LogP contribution is 2.15. The summed E-state index contributed by atoms with van der Waals surface area (Å²) in [4.78, 5) is 13.3. The number of nitrogens with one attached hydrogen (secondary N) is 2. The van der Waals surface area contributed by atoms with Gasteiger partial charge in [0.15, 0.2) is 5.13 Å². The van der Waals surface area contributed by atoms with Crippen LogP contribution in [0.25, 0.3) is 0 Å². The predicted molar refractivity (Wildman–Crippen MR) is 90.3 cm³/mol. The molecule has 2 N–H and O–H groups in total. The van der Waals surface area contributed by atoms with Gasteiger partial charge in [-0.3, -0.25) is 0 Å². The van der Waals surface area contributed by atoms with Crippen molar-refractivity contribution in [2.45, 2.75) is 13.0 Å². The summed E-state index contributed by atoms with van der Waals surface area (Å²) in [7, 11) is 1.87. The molecule has 3 rings (SSSR count). The number of hydrogen-bond acceptors (Lipinski definition) is 6. The third-order valence-corrected chi connectivity index (χ3v) is 4.04. The molecule has 22 heavy (non-hydrogen) atoms. The lowest BCUT2D eigenvalue weighted by Gasteiger charge is -2.06. The van der Waals surface area contributed by atoms with Crippen molar-refractivity contribution in [3.63, 3.8) is 0 Å². The molecule has 0 amide bonds. The zero-order valence-corrected chi connectivity index (χ0v) is 13.1. The van der Waals surface area contributed by atoms with E-state index in [-0.39, 0.29) is 0 Å². The lowest BCUT2D eigenvalue weighted by molar-refractivity contribution is 0.952. The zero-order valence-electron chi connectivity index (χ0n) is 12.3. The summed E-state index contributed by atoms with van der Waals surface area (Å²) in [5, 5.41) is 9.28. The Bertz CT molecular complexity index is 726. The Morgan fingerprint density at radius 1 is 1.09 bits per heavy atom. The van der Waals surface area contributed by atoms with Gasteiger partial charge in [0.1, 0.15) is 11.6 Å². The molecule has 2 heterocycles. The molecule has 0 aliphatic rings. The molecule has 6 heteroatoms. The van der Waals surface area contributed by atoms with Gasteiger partial charge in [-0.2, -0.15) is 0 Å². The molecule has 2 aromatic heterocycles. The summed E-state index contributed by atoms with van der Waals surface area (Å²) < 4.78 is 0. The molecule has 0 aliphatic heterocycles. The van der Waals surface area contributed by atoms with Crippen LogP contribution < -0.4 is 10.6 Å². The number of aromatic nitrogens is 3. The first-order valence-corrected chi connectivity index (χ1v) is 7.93. The fourth-order valence-electron chi connectivity index (χ4n) is 2.05. The molecule has 0 radical (unpaired) electrons. The van der Waals surface area contributed by atoms with Crippen LogP contribution in [0.1, 0.15) is 17.1 Å². The second-order valence-electron chi connectivity index (χ2n) is 4.77. The number of thiazole rings is 1. The third kappa shape index (κ3) is 3.79. The molecule has 5 nitrogen and oxygen atoms in total. The normalized spacial score (nSPS) is 10.4. The topological polar surface area (TPSA) is 62.7 Å². The highest BCUT2D eigenvalue weighted by molar-refractivity contribution is 7.13. The van der Waals surface area contributed by atoms with Gasteiger partial charge in [0, 0.05) is 25.0 Å². The van der Waals surface area contributed by atoms with Crippen molar-refractivity contribution in [3.8, 4) is 0 Å². The molecule has 3 aromatic rings. The number of nitrogens with zero attached hydrogens (tertiary/aromatic N) is 3. The van der Waals surface area contributed by atoms with E-state index in [9.17, 15) is 0 Å². The zero-order chi connectivity index (χ0) is 15.2. The van der Waals surface area contributed by atoms with Gasteiger partial charge in [-0.15, -0.1) is 11.3 Å². The Morgan fingerprint density at radius 2 is 1.95 bits per heavy atom. The number of rotatable bonds is 6. The summed E-state index contributed by atoms with van der Waals surface area (Å²) in [5.41, 5.74) is 2.20. The van der Waals surface area contributed by atoms with Crippen molar-refractivity contribution in [2.24, 2.45) is 0 Å². The highest BCUT2D eigenvalue weighted by Gasteiger charge is 2.03. The van der Waals surface area contributed by atoms with Gasteiger partial charge >= 0.3 is 0 Å². The van der Waals surface area contributed by atoms with Crippen molar-refractivity contribution in [3.05, 3.63) is 65.1 Å². The van der Waals surface area contributed by atoms with Gasteiger partial charge in [0.25, 0.3) is 0 Å². The minimum absolute atomic E-state index is 0.653. The fourth-order valence-corrected chi connectivity index (χ4v) is 2.72. The van der Waals surface area contributed by atoms with Crippen molar-refractivity contribution < 1.29 is 0 Å². The van der Waals surface area contributed by atoms with E-state index in [4.69, 9.17) is 0 Å². The van der Waals surface area contributed by atoms with Crippen LogP contribution >= 0.6 is 11.3 Å². The SMILES string of the molecule is CNc1nc(CNc2ccnc(Cc3ccccc3)n2)cs1. The average molecular weight is 311 g/mol. The first-order valence-electron chi connectivity index (χ1n) is 7.05. The van der Waals surface area contributed by atoms with Crippen molar-refractivity contribution >= 4 is 22.3 Å². The molecule has 112 valence electrons. The van der Waals surface area contributed by atoms with Crippen LogP contribution in [-0.2, 0) is 13.0 Å². The largest absolute Gasteiger partial charge is 0.365 e. The van der Waals surface area contributed by atoms with Crippen molar-refractivity contribution in [1.82, 2.24) is 15.0 Å². The van der Waals surface area contributed by atoms with Gasteiger partial charge in [0.05, 0.1) is 12.2 Å². The van der Waals surface area contributed by atoms with Crippen LogP contribution in [0.4, 0.5) is 10.9 Å². The van der Waals surface area contributed by atoms with Crippen LogP contribution in [0, 0.1) is 0 Å². The number of benzene rings is 1. The molecular weight excluding hydrogens is 294 g/mol. The first-order chi connectivity index (χ1) is 10.8. The van der Waals surface area contributed by atoms with E-state index < -0.39 is 0 Å². The minimum atomic E-state index is 0.653. The minimum Gasteiger partial charge on any atom is -0.365 e. The van der Waals surface area contributed by atoms with Crippen molar-refractivity contribution in [1.29, 1.82) is 0 Å². The number of anilines is 2. The average Bonchev–Trinajstić information content (AvgIpc) is 3.02. The quantitative estimate of drug-likeness (QED) is 0.732. The Kier molecular flexibility index (Phi) is 4.60. The second kappa shape index (κ2) is 7.00. The Labute approximate surface area is 133 Å². The standard InChI is InChI=1S/C16H17N5S/c1-17-16-20-13(11-22-16)10-19-14-7-8-18-15(21-14)9-12-5-3-2-4-6-12/h2-8,11H,9-10H2,1H3,(H,17,20)(H,18,19,21). The molecule has 0 saturated carbocycles. The smallest absolute Gasteiger partial charge is 0.182 e. The molecular formula is C16H17N5S. The first kappa shape index (κ1) is 14.5. The lowest BCUT2D eigenvalue weighted by atomic mass is 10.1. The Morgan fingerprint density at radius 3 is 2.73 bits per heavy atom. The predicted octanol–water partition coefficient (Wildman–Crippen LogP) is 3.18. The van der Waals surface area contributed by atoms with Gasteiger partial charge in [-0.25, -0.2) is 15.0 Å². The van der Waals surface area contributed by atoms with Crippen LogP contribution in [0.15, 0.2) is 48.0 Å². The lowest BCUT2D eigenvalue weighted by Crippen LogP contribution is -2.05. The fraction of sp³-hybridized carbons (Fsp3) is 0.188. The van der Waals surface area contributed by atoms with E-state index in [0.29, 0.717) is 6.54 Å². The van der Waals surface area contributed by atoms with E-state index in [0.717, 1.165) is 28.9 Å². The van der Waals surface area contributed by atoms with Gasteiger partial charge in [0.2, 0.25) is 0 Å². The molecule has 0 bridgehead atoms. The molecule has 0 saturated heterocycles. The van der Waals surface area contributed by atoms with Crippen LogP contribution in [0.3, 0.4) is 0 Å². The maximum Gasteiger partial charge on any atom is 0.182 e. The Hall–Kier alpha value is -2.47. The molecule has 0 spiro atoms. The van der Waals surface area contributed by atoms with E-state index >= 15 is 0 Å². The van der Waals surface area contributed by atoms with Crippen LogP contribution in [-0.4, -0.2) is 22.0 Å². The van der Waals surface area contributed by atoms with E-state index in [2.05, 4.69) is 37.7 Å². The highest BCUT2D eigenvalue weighted by atomic mass is 32.1. The molecule has 0 fully saturated rings. The summed E-state index contributed by atoms with van der Waals surface area (Å²) in [6.45, 7) is 0.653. The monoisotopic (exact) mass is 311 g/mol. The van der Waals surface area contributed by atoms with E-state index in [1.165, 1.54) is 5.56 Å². The van der Waals surface area contributed by atoms with E-state index in [1.807, 2.05) is 36.7 Å². The maximum absolute atomic E-state index is 4.55. The van der Waals surface area contributed by atoms with Gasteiger partial charge in [-0.1, -0.05) is 30.3 Å². The van der Waals surface area contributed by atoms with Crippen molar-refractivity contribution in [2.75, 3.05) is 17.7 Å². The third-order valence-electron chi connectivity index (χ3n) is 3.13. The Balaban J connectivity index is 1.63. The summed E-state index contributed by atoms with van der Waals surface area (Å²) in [5.74, 6) is 1.63. The molecule has 1 aromatic carbocycles. The summed E-state index contributed by atoms with van der Waals surface area (Å²) in [6.07, 6.45) is 2.52. The summed E-state index contributed by atoms with van der Waals surface area (Å²) >= 11 is 1.59. The summed E-state index contributed by atoms with van der Waals surface area (Å²) in [6, 6.07) is 12.1. The molecule has 0 atom stereocenters. The van der Waals surface area contributed by atoms with Gasteiger partial charge in [-0.05, 0) is 11.6 Å². The van der Waals surface area contributed by atoms with Gasteiger partial charge < -0.3 is 10.6 Å². The second-order valence-corrected chi connectivity index (χ2v) is 5.63. The van der Waals surface area contributed by atoms with E-state index in [1.54, 1.807) is 17.5 Å². The maximum atomic E-state index is 4.55. The molecule has 0 aliphatic carbocycles. The van der Waals surface area contributed by atoms with Crippen LogP contribution in [0.5, 0.6) is 0 Å². The van der Waals surface area contributed by atoms with Crippen LogP contribution in [0.2, 0.25) is 0 Å².